The fourth-order valence-electron chi connectivity index (χ4n) is 2.35. The second-order valence-corrected chi connectivity index (χ2v) is 4.90. The van der Waals surface area contributed by atoms with Crippen molar-refractivity contribution in [2.24, 2.45) is 0 Å². The first-order valence-electron chi connectivity index (χ1n) is 6.33. The molecule has 0 saturated carbocycles. The van der Waals surface area contributed by atoms with Crippen molar-refractivity contribution in [1.82, 2.24) is 0 Å². The molecular formula is C15H16O4S. The van der Waals surface area contributed by atoms with Gasteiger partial charge in [0.25, 0.3) is 0 Å². The molecule has 20 heavy (non-hydrogen) atoms. The van der Waals surface area contributed by atoms with E-state index in [9.17, 15) is 9.59 Å². The van der Waals surface area contributed by atoms with Gasteiger partial charge in [-0.05, 0) is 18.6 Å². The van der Waals surface area contributed by atoms with Crippen LogP contribution >= 0.6 is 12.6 Å². The number of benzene rings is 1. The molecule has 0 N–H and O–H groups in total. The second kappa shape index (κ2) is 5.71. The lowest BCUT2D eigenvalue weighted by Gasteiger charge is -2.22. The number of hydrogen-bond donors (Lipinski definition) is 1. The Bertz CT molecular complexity index is 617. The minimum absolute atomic E-state index is 0.205. The molecule has 1 aliphatic carbocycles. The van der Waals surface area contributed by atoms with E-state index in [1.54, 1.807) is 12.1 Å². The number of carbonyl (C=O) groups excluding carboxylic acids is 2. The quantitative estimate of drug-likeness (QED) is 0.867. The minimum Gasteiger partial charge on any atom is -0.496 e. The van der Waals surface area contributed by atoms with Gasteiger partial charge in [-0.1, -0.05) is 13.3 Å². The van der Waals surface area contributed by atoms with Crippen LogP contribution < -0.4 is 9.47 Å². The van der Waals surface area contributed by atoms with Crippen molar-refractivity contribution in [3.05, 3.63) is 33.7 Å². The van der Waals surface area contributed by atoms with Gasteiger partial charge in [0.05, 0.1) is 30.3 Å². The van der Waals surface area contributed by atoms with Gasteiger partial charge in [-0.15, -0.1) is 12.6 Å². The number of ketones is 2. The van der Waals surface area contributed by atoms with E-state index in [0.717, 1.165) is 6.42 Å². The van der Waals surface area contributed by atoms with Gasteiger partial charge in [0.1, 0.15) is 11.5 Å². The molecule has 0 saturated heterocycles. The first kappa shape index (κ1) is 14.7. The molecule has 0 spiro atoms. The number of ether oxygens (including phenoxy) is 2. The summed E-state index contributed by atoms with van der Waals surface area (Å²) in [6, 6.07) is 3.25. The molecule has 106 valence electrons. The Labute approximate surface area is 123 Å². The number of carbonyl (C=O) groups is 2. The average molecular weight is 292 g/mol. The zero-order valence-corrected chi connectivity index (χ0v) is 12.5. The van der Waals surface area contributed by atoms with E-state index in [1.165, 1.54) is 14.2 Å². The van der Waals surface area contributed by atoms with Crippen LogP contribution in [0.2, 0.25) is 0 Å². The number of rotatable bonds is 4. The SMILES string of the molecule is CCCC1=C(S)C(=O)c2c(OC)ccc(OC)c2C1=O. The Morgan fingerprint density at radius 3 is 1.95 bits per heavy atom. The lowest BCUT2D eigenvalue weighted by atomic mass is 9.86. The van der Waals surface area contributed by atoms with Gasteiger partial charge in [-0.25, -0.2) is 0 Å². The van der Waals surface area contributed by atoms with Gasteiger partial charge in [-0.3, -0.25) is 9.59 Å². The molecule has 1 aromatic rings. The maximum absolute atomic E-state index is 12.6. The first-order chi connectivity index (χ1) is 9.56. The third kappa shape index (κ3) is 2.12. The predicted octanol–water partition coefficient (Wildman–Crippen LogP) is 3.07. The lowest BCUT2D eigenvalue weighted by Crippen LogP contribution is -2.22. The Morgan fingerprint density at radius 1 is 1.00 bits per heavy atom. The summed E-state index contributed by atoms with van der Waals surface area (Å²) in [6.45, 7) is 1.95. The molecule has 0 aromatic heterocycles. The number of hydrogen-bond acceptors (Lipinski definition) is 5. The number of Topliss-reactive ketones (excluding diaryl/α,β-unsaturated/α-hetero) is 2. The molecule has 0 bridgehead atoms. The third-order valence-electron chi connectivity index (χ3n) is 3.30. The fourth-order valence-corrected chi connectivity index (χ4v) is 2.68. The molecule has 0 radical (unpaired) electrons. The molecule has 0 atom stereocenters. The third-order valence-corrected chi connectivity index (χ3v) is 3.77. The monoisotopic (exact) mass is 292 g/mol. The molecule has 1 aromatic carbocycles. The summed E-state index contributed by atoms with van der Waals surface area (Å²) in [5.74, 6) is 0.249. The molecule has 1 aliphatic rings. The van der Waals surface area contributed by atoms with E-state index in [4.69, 9.17) is 9.47 Å². The highest BCUT2D eigenvalue weighted by Gasteiger charge is 2.35. The van der Waals surface area contributed by atoms with Crippen molar-refractivity contribution in [3.63, 3.8) is 0 Å². The van der Waals surface area contributed by atoms with Crippen LogP contribution in [0.15, 0.2) is 22.6 Å². The Hall–Kier alpha value is -1.75. The van der Waals surface area contributed by atoms with Crippen LogP contribution in [0, 0.1) is 0 Å². The van der Waals surface area contributed by atoms with E-state index in [0.29, 0.717) is 23.5 Å². The maximum Gasteiger partial charge on any atom is 0.204 e. The standard InChI is InChI=1S/C15H16O4S/c1-4-5-8-13(16)11-9(18-2)6-7-10(19-3)12(11)14(17)15(8)20/h6-7,20H,4-5H2,1-3H3. The van der Waals surface area contributed by atoms with E-state index < -0.39 is 0 Å². The molecule has 5 heteroatoms. The number of thiol groups is 1. The smallest absolute Gasteiger partial charge is 0.204 e. The van der Waals surface area contributed by atoms with Crippen molar-refractivity contribution in [3.8, 4) is 11.5 Å². The van der Waals surface area contributed by atoms with Gasteiger partial charge < -0.3 is 9.47 Å². The summed E-state index contributed by atoms with van der Waals surface area (Å²) in [5, 5.41) is 0. The Balaban J connectivity index is 2.74. The molecule has 0 unspecified atom stereocenters. The second-order valence-electron chi connectivity index (χ2n) is 4.46. The highest BCUT2D eigenvalue weighted by Crippen LogP contribution is 2.39. The molecular weight excluding hydrogens is 276 g/mol. The lowest BCUT2D eigenvalue weighted by molar-refractivity contribution is 0.0973. The summed E-state index contributed by atoms with van der Waals surface area (Å²) in [6.07, 6.45) is 1.28. The number of allylic oxidation sites excluding steroid dienone is 2. The summed E-state index contributed by atoms with van der Waals surface area (Å²) >= 11 is 4.23. The first-order valence-corrected chi connectivity index (χ1v) is 6.78. The van der Waals surface area contributed by atoms with Crippen LogP contribution in [-0.2, 0) is 0 Å². The van der Waals surface area contributed by atoms with Crippen LogP contribution in [-0.4, -0.2) is 25.8 Å². The molecule has 0 aliphatic heterocycles. The van der Waals surface area contributed by atoms with E-state index >= 15 is 0 Å². The van der Waals surface area contributed by atoms with E-state index in [2.05, 4.69) is 12.6 Å². The molecule has 2 rings (SSSR count). The van der Waals surface area contributed by atoms with Crippen molar-refractivity contribution in [2.75, 3.05) is 14.2 Å². The normalized spacial score (nSPS) is 14.4. The largest absolute Gasteiger partial charge is 0.496 e. The van der Waals surface area contributed by atoms with Crippen LogP contribution in [0.5, 0.6) is 11.5 Å². The molecule has 0 amide bonds. The zero-order valence-electron chi connectivity index (χ0n) is 11.6. The van der Waals surface area contributed by atoms with Crippen LogP contribution in [0.25, 0.3) is 0 Å². The van der Waals surface area contributed by atoms with E-state index in [-0.39, 0.29) is 27.6 Å². The number of fused-ring (bicyclic) bond motifs is 1. The predicted molar refractivity (Wildman–Crippen MR) is 79.1 cm³/mol. The molecule has 0 heterocycles. The van der Waals surface area contributed by atoms with Crippen LogP contribution in [0.4, 0.5) is 0 Å². The highest BCUT2D eigenvalue weighted by atomic mass is 32.1. The van der Waals surface area contributed by atoms with Crippen molar-refractivity contribution < 1.29 is 19.1 Å². The zero-order chi connectivity index (χ0) is 14.9. The molecule has 0 fully saturated rings. The topological polar surface area (TPSA) is 52.6 Å². The van der Waals surface area contributed by atoms with Gasteiger partial charge in [0.15, 0.2) is 5.78 Å². The van der Waals surface area contributed by atoms with Gasteiger partial charge >= 0.3 is 0 Å². The van der Waals surface area contributed by atoms with Crippen molar-refractivity contribution >= 4 is 24.2 Å². The summed E-state index contributed by atoms with van der Waals surface area (Å²) in [7, 11) is 2.93. The Kier molecular flexibility index (Phi) is 4.18. The minimum atomic E-state index is -0.290. The molecule has 4 nitrogen and oxygen atoms in total. The summed E-state index contributed by atoms with van der Waals surface area (Å²) in [5.41, 5.74) is 0.958. The van der Waals surface area contributed by atoms with E-state index in [1.807, 2.05) is 6.92 Å². The summed E-state index contributed by atoms with van der Waals surface area (Å²) < 4.78 is 10.4. The van der Waals surface area contributed by atoms with Gasteiger partial charge in [-0.2, -0.15) is 0 Å². The van der Waals surface area contributed by atoms with Crippen LogP contribution in [0.3, 0.4) is 0 Å². The van der Waals surface area contributed by atoms with Gasteiger partial charge in [0, 0.05) is 5.57 Å². The summed E-state index contributed by atoms with van der Waals surface area (Å²) in [4.78, 5) is 25.3. The fraction of sp³-hybridized carbons (Fsp3) is 0.333. The van der Waals surface area contributed by atoms with Crippen LogP contribution in [0.1, 0.15) is 40.5 Å². The average Bonchev–Trinajstić information content (AvgIpc) is 2.47. The van der Waals surface area contributed by atoms with Crippen molar-refractivity contribution in [2.45, 2.75) is 19.8 Å². The van der Waals surface area contributed by atoms with Crippen molar-refractivity contribution in [1.29, 1.82) is 0 Å². The number of methoxy groups -OCH3 is 2. The maximum atomic E-state index is 12.6. The highest BCUT2D eigenvalue weighted by molar-refractivity contribution is 7.85. The van der Waals surface area contributed by atoms with Gasteiger partial charge in [0.2, 0.25) is 5.78 Å². The Morgan fingerprint density at radius 2 is 1.50 bits per heavy atom.